The molecular formula is C14H19NO5S. The van der Waals surface area contributed by atoms with E-state index in [4.69, 9.17) is 9.84 Å². The van der Waals surface area contributed by atoms with E-state index in [1.165, 1.54) is 12.1 Å². The number of hydrogen-bond donors (Lipinski definition) is 2. The van der Waals surface area contributed by atoms with Gasteiger partial charge in [0.1, 0.15) is 5.75 Å². The molecule has 1 aromatic carbocycles. The van der Waals surface area contributed by atoms with Crippen molar-refractivity contribution in [3.63, 3.8) is 0 Å². The van der Waals surface area contributed by atoms with E-state index < -0.39 is 21.5 Å². The number of hydrogen-bond acceptors (Lipinski definition) is 4. The number of aliphatic carboxylic acids is 1. The highest BCUT2D eigenvalue weighted by Crippen LogP contribution is 2.36. The monoisotopic (exact) mass is 313 g/mol. The summed E-state index contributed by atoms with van der Waals surface area (Å²) in [6.07, 6.45) is 1.74. The molecule has 0 aliphatic heterocycles. The molecule has 0 bridgehead atoms. The van der Waals surface area contributed by atoms with Gasteiger partial charge in [-0.15, -0.1) is 0 Å². The molecule has 1 aromatic rings. The van der Waals surface area contributed by atoms with Crippen LogP contribution in [0.3, 0.4) is 0 Å². The molecule has 0 spiro atoms. The number of nitrogens with one attached hydrogen (secondary N) is 1. The maximum absolute atomic E-state index is 12.3. The minimum Gasteiger partial charge on any atom is -0.494 e. The van der Waals surface area contributed by atoms with Gasteiger partial charge in [0.25, 0.3) is 0 Å². The summed E-state index contributed by atoms with van der Waals surface area (Å²) in [6.45, 7) is 2.35. The highest BCUT2D eigenvalue weighted by atomic mass is 32.2. The molecule has 1 saturated carbocycles. The van der Waals surface area contributed by atoms with Crippen LogP contribution in [0, 0.1) is 0 Å². The van der Waals surface area contributed by atoms with Crippen molar-refractivity contribution in [1.29, 1.82) is 0 Å². The molecule has 0 heterocycles. The molecule has 7 heteroatoms. The molecule has 116 valence electrons. The Morgan fingerprint density at radius 3 is 2.38 bits per heavy atom. The van der Waals surface area contributed by atoms with Crippen LogP contribution >= 0.6 is 0 Å². The fraction of sp³-hybridized carbons (Fsp3) is 0.500. The van der Waals surface area contributed by atoms with Crippen LogP contribution < -0.4 is 9.46 Å². The van der Waals surface area contributed by atoms with Crippen LogP contribution in [0.25, 0.3) is 0 Å². The molecule has 0 unspecified atom stereocenters. The predicted molar refractivity (Wildman–Crippen MR) is 76.8 cm³/mol. The Morgan fingerprint density at radius 2 is 1.95 bits per heavy atom. The van der Waals surface area contributed by atoms with Crippen molar-refractivity contribution in [2.75, 3.05) is 6.61 Å². The number of carboxylic acid groups (broad SMARTS) is 1. The molecule has 0 aromatic heterocycles. The van der Waals surface area contributed by atoms with E-state index in [9.17, 15) is 13.2 Å². The summed E-state index contributed by atoms with van der Waals surface area (Å²) < 4.78 is 32.5. The quantitative estimate of drug-likeness (QED) is 0.800. The van der Waals surface area contributed by atoms with E-state index in [-0.39, 0.29) is 11.3 Å². The fourth-order valence-corrected chi connectivity index (χ4v) is 3.89. The molecule has 0 amide bonds. The number of carboxylic acids is 1. The van der Waals surface area contributed by atoms with Crippen LogP contribution in [0.15, 0.2) is 29.2 Å². The first kappa shape index (κ1) is 15.8. The molecule has 1 fully saturated rings. The second kappa shape index (κ2) is 6.03. The lowest BCUT2D eigenvalue weighted by Gasteiger charge is -2.40. The van der Waals surface area contributed by atoms with Crippen molar-refractivity contribution < 1.29 is 23.1 Å². The molecule has 1 aliphatic carbocycles. The van der Waals surface area contributed by atoms with Gasteiger partial charge >= 0.3 is 5.97 Å². The Labute approximate surface area is 124 Å². The Hall–Kier alpha value is -1.60. The van der Waals surface area contributed by atoms with Crippen LogP contribution in [0.4, 0.5) is 0 Å². The normalized spacial score (nSPS) is 17.0. The van der Waals surface area contributed by atoms with Gasteiger partial charge in [-0.3, -0.25) is 4.79 Å². The van der Waals surface area contributed by atoms with Gasteiger partial charge in [-0.1, -0.05) is 0 Å². The van der Waals surface area contributed by atoms with Crippen molar-refractivity contribution in [1.82, 2.24) is 4.72 Å². The molecule has 1 aliphatic rings. The zero-order valence-corrected chi connectivity index (χ0v) is 12.6. The highest BCUT2D eigenvalue weighted by molar-refractivity contribution is 7.89. The second-order valence-electron chi connectivity index (χ2n) is 5.21. The predicted octanol–water partition coefficient (Wildman–Crippen LogP) is 1.76. The van der Waals surface area contributed by atoms with E-state index in [1.807, 2.05) is 6.92 Å². The van der Waals surface area contributed by atoms with E-state index in [2.05, 4.69) is 4.72 Å². The van der Waals surface area contributed by atoms with Crippen LogP contribution in [0.2, 0.25) is 0 Å². The van der Waals surface area contributed by atoms with E-state index in [0.29, 0.717) is 25.2 Å². The van der Waals surface area contributed by atoms with Gasteiger partial charge in [-0.05, 0) is 50.5 Å². The summed E-state index contributed by atoms with van der Waals surface area (Å²) in [5, 5.41) is 8.93. The van der Waals surface area contributed by atoms with Crippen molar-refractivity contribution in [2.24, 2.45) is 0 Å². The molecule has 0 atom stereocenters. The topological polar surface area (TPSA) is 92.7 Å². The maximum Gasteiger partial charge on any atom is 0.305 e. The first-order valence-electron chi connectivity index (χ1n) is 6.85. The number of sulfonamides is 1. The third kappa shape index (κ3) is 3.74. The average Bonchev–Trinajstić information content (AvgIpc) is 2.36. The second-order valence-corrected chi connectivity index (χ2v) is 6.90. The average molecular weight is 313 g/mol. The van der Waals surface area contributed by atoms with Gasteiger partial charge in [-0.25, -0.2) is 13.1 Å². The SMILES string of the molecule is CCOc1ccc(S(=O)(=O)NC2(CC(=O)O)CCC2)cc1. The molecule has 2 N–H and O–H groups in total. The lowest BCUT2D eigenvalue weighted by Crippen LogP contribution is -2.54. The summed E-state index contributed by atoms with van der Waals surface area (Å²) in [5.74, 6) is -0.399. The first-order valence-corrected chi connectivity index (χ1v) is 8.34. The standard InChI is InChI=1S/C14H19NO5S/c1-2-20-11-4-6-12(7-5-11)21(18,19)15-14(8-3-9-14)10-13(16)17/h4-7,15H,2-3,8-10H2,1H3,(H,16,17). The van der Waals surface area contributed by atoms with Crippen molar-refractivity contribution >= 4 is 16.0 Å². The van der Waals surface area contributed by atoms with Crippen molar-refractivity contribution in [3.8, 4) is 5.75 Å². The lowest BCUT2D eigenvalue weighted by molar-refractivity contribution is -0.139. The number of benzene rings is 1. The number of ether oxygens (including phenoxy) is 1. The zero-order valence-electron chi connectivity index (χ0n) is 11.8. The summed E-state index contributed by atoms with van der Waals surface area (Å²) in [7, 11) is -3.73. The highest BCUT2D eigenvalue weighted by Gasteiger charge is 2.42. The summed E-state index contributed by atoms with van der Waals surface area (Å²) in [6, 6.07) is 6.09. The summed E-state index contributed by atoms with van der Waals surface area (Å²) >= 11 is 0. The van der Waals surface area contributed by atoms with E-state index in [0.717, 1.165) is 6.42 Å². The number of carbonyl (C=O) groups is 1. The minimum absolute atomic E-state index is 0.114. The molecule has 21 heavy (non-hydrogen) atoms. The molecular weight excluding hydrogens is 294 g/mol. The zero-order chi connectivity index (χ0) is 15.5. The Balaban J connectivity index is 2.15. The van der Waals surface area contributed by atoms with E-state index >= 15 is 0 Å². The van der Waals surface area contributed by atoms with Gasteiger partial charge in [0.15, 0.2) is 0 Å². The summed E-state index contributed by atoms with van der Waals surface area (Å²) in [5.41, 5.74) is -0.844. The smallest absolute Gasteiger partial charge is 0.305 e. The van der Waals surface area contributed by atoms with Crippen LogP contribution in [0.5, 0.6) is 5.75 Å². The largest absolute Gasteiger partial charge is 0.494 e. The van der Waals surface area contributed by atoms with Gasteiger partial charge in [0, 0.05) is 5.54 Å². The van der Waals surface area contributed by atoms with Crippen LogP contribution in [0.1, 0.15) is 32.6 Å². The Morgan fingerprint density at radius 1 is 1.33 bits per heavy atom. The van der Waals surface area contributed by atoms with Crippen LogP contribution in [-0.2, 0) is 14.8 Å². The molecule has 6 nitrogen and oxygen atoms in total. The third-order valence-electron chi connectivity index (χ3n) is 3.60. The van der Waals surface area contributed by atoms with Gasteiger partial charge in [0.05, 0.1) is 17.9 Å². The van der Waals surface area contributed by atoms with E-state index in [1.54, 1.807) is 12.1 Å². The fourth-order valence-electron chi connectivity index (χ4n) is 2.43. The Bertz CT molecular complexity index is 605. The van der Waals surface area contributed by atoms with Crippen LogP contribution in [-0.4, -0.2) is 31.6 Å². The maximum atomic E-state index is 12.3. The number of rotatable bonds is 7. The van der Waals surface area contributed by atoms with Gasteiger partial charge in [-0.2, -0.15) is 0 Å². The van der Waals surface area contributed by atoms with Gasteiger partial charge in [0.2, 0.25) is 10.0 Å². The minimum atomic E-state index is -3.73. The van der Waals surface area contributed by atoms with Gasteiger partial charge < -0.3 is 9.84 Å². The van der Waals surface area contributed by atoms with Crippen molar-refractivity contribution in [2.45, 2.75) is 43.0 Å². The Kier molecular flexibility index (Phi) is 4.53. The lowest BCUT2D eigenvalue weighted by atomic mass is 9.75. The summed E-state index contributed by atoms with van der Waals surface area (Å²) in [4.78, 5) is 11.0. The molecule has 2 rings (SSSR count). The van der Waals surface area contributed by atoms with Crippen molar-refractivity contribution in [3.05, 3.63) is 24.3 Å². The third-order valence-corrected chi connectivity index (χ3v) is 5.19. The molecule has 0 saturated heterocycles. The first-order chi connectivity index (χ1) is 9.87. The molecule has 0 radical (unpaired) electrons.